The number of benzene rings is 1. The van der Waals surface area contributed by atoms with E-state index in [1.165, 1.54) is 4.90 Å². The Kier molecular flexibility index (Phi) is 11.8. The van der Waals surface area contributed by atoms with E-state index in [9.17, 15) is 24.0 Å². The molecule has 0 spiro atoms. The molecule has 10 nitrogen and oxygen atoms in total. The van der Waals surface area contributed by atoms with Gasteiger partial charge in [-0.3, -0.25) is 19.2 Å². The van der Waals surface area contributed by atoms with Gasteiger partial charge in [0.1, 0.15) is 12.1 Å². The van der Waals surface area contributed by atoms with Gasteiger partial charge >= 0.3 is 6.03 Å². The van der Waals surface area contributed by atoms with E-state index in [1.54, 1.807) is 11.8 Å². The molecular formula is C31H47N5O5S. The van der Waals surface area contributed by atoms with Gasteiger partial charge in [0.15, 0.2) is 0 Å². The maximum absolute atomic E-state index is 13.9. The molecule has 1 heterocycles. The zero-order valence-electron chi connectivity index (χ0n) is 25.4. The third-order valence-corrected chi connectivity index (χ3v) is 9.43. The second kappa shape index (κ2) is 14.9. The summed E-state index contributed by atoms with van der Waals surface area (Å²) < 4.78 is 0. The van der Waals surface area contributed by atoms with Gasteiger partial charge in [0.25, 0.3) is 5.91 Å². The Labute approximate surface area is 253 Å². The molecule has 3 rings (SSSR count). The average molecular weight is 602 g/mol. The minimum atomic E-state index is -1.10. The first-order valence-electron chi connectivity index (χ1n) is 15.1. The Morgan fingerprint density at radius 1 is 1.02 bits per heavy atom. The van der Waals surface area contributed by atoms with Crippen LogP contribution >= 0.6 is 11.8 Å². The number of primary amides is 1. The SMILES string of the molecule is CCCC(NC(=O)[C@@H]1CCCN1C(=O)[C@@H](NC(=O)NC1(CSc2ccccc2)CCCCC1)C(C)(C)C)C(=O)C(N)=O. The number of carbonyl (C=O) groups excluding carboxylic acids is 5. The van der Waals surface area contributed by atoms with E-state index in [0.717, 1.165) is 42.8 Å². The summed E-state index contributed by atoms with van der Waals surface area (Å²) in [6.45, 7) is 7.83. The first-order chi connectivity index (χ1) is 19.9. The maximum Gasteiger partial charge on any atom is 0.315 e. The van der Waals surface area contributed by atoms with Gasteiger partial charge in [0.2, 0.25) is 17.6 Å². The molecule has 1 aromatic carbocycles. The Balaban J connectivity index is 1.72. The van der Waals surface area contributed by atoms with E-state index in [4.69, 9.17) is 5.73 Å². The van der Waals surface area contributed by atoms with Crippen LogP contribution in [0.2, 0.25) is 0 Å². The monoisotopic (exact) mass is 601 g/mol. The molecule has 1 saturated heterocycles. The van der Waals surface area contributed by atoms with Gasteiger partial charge in [-0.2, -0.15) is 0 Å². The molecular weight excluding hydrogens is 554 g/mol. The number of nitrogens with one attached hydrogen (secondary N) is 3. The molecule has 42 heavy (non-hydrogen) atoms. The normalized spacial score (nSPS) is 19.8. The quantitative estimate of drug-likeness (QED) is 0.213. The highest BCUT2D eigenvalue weighted by atomic mass is 32.2. The molecule has 1 saturated carbocycles. The Morgan fingerprint density at radius 3 is 2.29 bits per heavy atom. The van der Waals surface area contributed by atoms with Crippen LogP contribution in [0.15, 0.2) is 35.2 Å². The van der Waals surface area contributed by atoms with Crippen LogP contribution in [0.4, 0.5) is 4.79 Å². The Morgan fingerprint density at radius 2 is 1.69 bits per heavy atom. The lowest BCUT2D eigenvalue weighted by Gasteiger charge is -2.40. The molecule has 11 heteroatoms. The van der Waals surface area contributed by atoms with Gasteiger partial charge in [0, 0.05) is 17.2 Å². The van der Waals surface area contributed by atoms with Crippen LogP contribution in [0.3, 0.4) is 0 Å². The summed E-state index contributed by atoms with van der Waals surface area (Å²) in [6.07, 6.45) is 6.78. The largest absolute Gasteiger partial charge is 0.363 e. The van der Waals surface area contributed by atoms with Crippen molar-refractivity contribution in [3.8, 4) is 0 Å². The predicted molar refractivity (Wildman–Crippen MR) is 164 cm³/mol. The molecule has 0 bridgehead atoms. The van der Waals surface area contributed by atoms with Crippen molar-refractivity contribution in [2.24, 2.45) is 11.1 Å². The van der Waals surface area contributed by atoms with Crippen molar-refractivity contribution < 1.29 is 24.0 Å². The van der Waals surface area contributed by atoms with Crippen molar-refractivity contribution in [2.45, 2.75) is 114 Å². The molecule has 5 N–H and O–H groups in total. The molecule has 5 amide bonds. The lowest BCUT2D eigenvalue weighted by atomic mass is 9.83. The van der Waals surface area contributed by atoms with Crippen molar-refractivity contribution in [1.82, 2.24) is 20.9 Å². The summed E-state index contributed by atoms with van der Waals surface area (Å²) in [7, 11) is 0. The second-order valence-electron chi connectivity index (χ2n) is 12.6. The lowest BCUT2D eigenvalue weighted by molar-refractivity contribution is -0.143. The number of thioether (sulfide) groups is 1. The average Bonchev–Trinajstić information content (AvgIpc) is 3.45. The van der Waals surface area contributed by atoms with Gasteiger partial charge < -0.3 is 26.6 Å². The van der Waals surface area contributed by atoms with Gasteiger partial charge in [-0.25, -0.2) is 4.79 Å². The van der Waals surface area contributed by atoms with Crippen molar-refractivity contribution in [2.75, 3.05) is 12.3 Å². The molecule has 1 aliphatic heterocycles. The highest BCUT2D eigenvalue weighted by Gasteiger charge is 2.43. The van der Waals surface area contributed by atoms with Crippen LogP contribution in [-0.4, -0.2) is 70.4 Å². The number of ketones is 1. The number of hydrogen-bond acceptors (Lipinski definition) is 6. The number of carbonyl (C=O) groups is 5. The number of nitrogens with two attached hydrogens (primary N) is 1. The van der Waals surface area contributed by atoms with E-state index in [1.807, 2.05) is 45.9 Å². The molecule has 232 valence electrons. The van der Waals surface area contributed by atoms with Crippen LogP contribution in [-0.2, 0) is 19.2 Å². The van der Waals surface area contributed by atoms with E-state index in [-0.39, 0.29) is 17.9 Å². The highest BCUT2D eigenvalue weighted by Crippen LogP contribution is 2.34. The zero-order chi connectivity index (χ0) is 30.9. The predicted octanol–water partition coefficient (Wildman–Crippen LogP) is 3.53. The fourth-order valence-electron chi connectivity index (χ4n) is 5.79. The minimum Gasteiger partial charge on any atom is -0.363 e. The number of likely N-dealkylation sites (tertiary alicyclic amines) is 1. The van der Waals surface area contributed by atoms with Gasteiger partial charge in [-0.1, -0.05) is 71.6 Å². The topological polar surface area (TPSA) is 151 Å². The number of urea groups is 1. The molecule has 1 aromatic rings. The molecule has 0 aromatic heterocycles. The van der Waals surface area contributed by atoms with Crippen molar-refractivity contribution >= 4 is 41.3 Å². The number of Topliss-reactive ketones (excluding diaryl/α,β-unsaturated/α-hetero) is 1. The lowest BCUT2D eigenvalue weighted by Crippen LogP contribution is -2.62. The molecule has 1 aliphatic carbocycles. The van der Waals surface area contributed by atoms with Crippen molar-refractivity contribution in [1.29, 1.82) is 0 Å². The first-order valence-corrected chi connectivity index (χ1v) is 16.1. The minimum absolute atomic E-state index is 0.269. The Hall–Kier alpha value is -3.08. The number of hydrogen-bond donors (Lipinski definition) is 4. The van der Waals surface area contributed by atoms with Crippen LogP contribution in [0.5, 0.6) is 0 Å². The smallest absolute Gasteiger partial charge is 0.315 e. The second-order valence-corrected chi connectivity index (χ2v) is 13.7. The van der Waals surface area contributed by atoms with Crippen LogP contribution < -0.4 is 21.7 Å². The first kappa shape index (κ1) is 33.4. The number of amides is 5. The third kappa shape index (κ3) is 8.96. The van der Waals surface area contributed by atoms with E-state index < -0.39 is 47.2 Å². The van der Waals surface area contributed by atoms with Crippen molar-refractivity contribution in [3.05, 3.63) is 30.3 Å². The summed E-state index contributed by atoms with van der Waals surface area (Å²) in [5, 5.41) is 8.85. The third-order valence-electron chi connectivity index (χ3n) is 8.13. The molecule has 2 aliphatic rings. The molecule has 2 fully saturated rings. The summed E-state index contributed by atoms with van der Waals surface area (Å²) in [6, 6.07) is 7.00. The maximum atomic E-state index is 13.9. The number of rotatable bonds is 12. The van der Waals surface area contributed by atoms with E-state index in [2.05, 4.69) is 28.1 Å². The highest BCUT2D eigenvalue weighted by molar-refractivity contribution is 7.99. The zero-order valence-corrected chi connectivity index (χ0v) is 26.2. The van der Waals surface area contributed by atoms with E-state index >= 15 is 0 Å². The van der Waals surface area contributed by atoms with Crippen LogP contribution in [0.25, 0.3) is 0 Å². The summed E-state index contributed by atoms with van der Waals surface area (Å²) in [5.41, 5.74) is 4.16. The van der Waals surface area contributed by atoms with E-state index in [0.29, 0.717) is 25.8 Å². The molecule has 3 atom stereocenters. The fraction of sp³-hybridized carbons (Fsp3) is 0.645. The molecule has 0 radical (unpaired) electrons. The van der Waals surface area contributed by atoms with Crippen LogP contribution in [0, 0.1) is 5.41 Å². The Bertz CT molecular complexity index is 1120. The summed E-state index contributed by atoms with van der Waals surface area (Å²) in [4.78, 5) is 67.1. The van der Waals surface area contributed by atoms with Gasteiger partial charge in [0.05, 0.1) is 11.6 Å². The standard InChI is InChI=1S/C31H47N5O5S/c1-5-13-22(24(37)26(32)38)33-27(39)23-16-12-19-36(23)28(40)25(30(2,3)4)34-29(41)35-31(17-10-7-11-18-31)20-42-21-14-8-6-9-15-21/h6,8-9,14-15,22-23,25H,5,7,10-13,16-20H2,1-4H3,(H2,32,38)(H,33,39)(H2,34,35,41)/t22?,23-,25+/m0/s1. The van der Waals surface area contributed by atoms with Crippen molar-refractivity contribution in [3.63, 3.8) is 0 Å². The van der Waals surface area contributed by atoms with Gasteiger partial charge in [-0.15, -0.1) is 11.8 Å². The molecule has 1 unspecified atom stereocenters. The summed E-state index contributed by atoms with van der Waals surface area (Å²) in [5.74, 6) is -2.07. The van der Waals surface area contributed by atoms with Gasteiger partial charge in [-0.05, 0) is 49.7 Å². The fourth-order valence-corrected chi connectivity index (χ4v) is 6.95. The summed E-state index contributed by atoms with van der Waals surface area (Å²) >= 11 is 1.72. The van der Waals surface area contributed by atoms with Crippen LogP contribution in [0.1, 0.15) is 85.5 Å². The number of nitrogens with zero attached hydrogens (tertiary/aromatic N) is 1.